The molecule has 0 heterocycles. The first-order valence-electron chi connectivity index (χ1n) is 7.27. The highest BCUT2D eigenvalue weighted by Crippen LogP contribution is 2.38. The molecule has 138 valence electrons. The first kappa shape index (κ1) is 19.3. The topological polar surface area (TPSA) is 85.9 Å². The summed E-state index contributed by atoms with van der Waals surface area (Å²) >= 11 is 5.64. The normalized spacial score (nSPS) is 10.0. The molecule has 2 aromatic rings. The second kappa shape index (κ2) is 8.39. The van der Waals surface area contributed by atoms with Gasteiger partial charge in [-0.15, -0.1) is 0 Å². The Kier molecular flexibility index (Phi) is 6.24. The molecule has 0 atom stereocenters. The van der Waals surface area contributed by atoms with E-state index in [-0.39, 0.29) is 27.6 Å². The van der Waals surface area contributed by atoms with Crippen molar-refractivity contribution < 1.29 is 28.2 Å². The third-order valence-electron chi connectivity index (χ3n) is 3.39. The Balaban J connectivity index is 2.16. The van der Waals surface area contributed by atoms with Crippen LogP contribution >= 0.6 is 11.6 Å². The Hall–Kier alpha value is -3.00. The number of carbonyl (C=O) groups is 2. The molecule has 0 aliphatic rings. The quantitative estimate of drug-likeness (QED) is 0.776. The van der Waals surface area contributed by atoms with Gasteiger partial charge in [0.05, 0.1) is 26.9 Å². The maximum atomic E-state index is 13.7. The van der Waals surface area contributed by atoms with Crippen molar-refractivity contribution in [3.8, 4) is 17.2 Å². The zero-order valence-electron chi connectivity index (χ0n) is 14.2. The van der Waals surface area contributed by atoms with Crippen LogP contribution in [-0.2, 0) is 0 Å². The molecular formula is C17H16ClFN2O5. The minimum atomic E-state index is -0.833. The molecule has 0 aromatic heterocycles. The molecule has 2 aromatic carbocycles. The number of methoxy groups -OCH3 is 3. The molecule has 26 heavy (non-hydrogen) atoms. The van der Waals surface area contributed by atoms with E-state index in [0.717, 1.165) is 6.07 Å². The number of nitrogens with one attached hydrogen (secondary N) is 2. The molecule has 0 spiro atoms. The SMILES string of the molecule is COc1cc(C(=O)NNC(=O)c2ccc(Cl)cc2F)cc(OC)c1OC. The summed E-state index contributed by atoms with van der Waals surface area (Å²) in [5.41, 5.74) is 4.19. The summed E-state index contributed by atoms with van der Waals surface area (Å²) in [6.07, 6.45) is 0. The van der Waals surface area contributed by atoms with E-state index in [1.807, 2.05) is 0 Å². The highest BCUT2D eigenvalue weighted by atomic mass is 35.5. The van der Waals surface area contributed by atoms with Crippen LogP contribution in [0.5, 0.6) is 17.2 Å². The maximum Gasteiger partial charge on any atom is 0.272 e. The van der Waals surface area contributed by atoms with Gasteiger partial charge in [0.15, 0.2) is 11.5 Å². The fourth-order valence-electron chi connectivity index (χ4n) is 2.14. The lowest BCUT2D eigenvalue weighted by molar-refractivity contribution is 0.0844. The number of halogens is 2. The van der Waals surface area contributed by atoms with Gasteiger partial charge < -0.3 is 14.2 Å². The smallest absolute Gasteiger partial charge is 0.272 e. The molecule has 7 nitrogen and oxygen atoms in total. The van der Waals surface area contributed by atoms with Crippen LogP contribution in [0.2, 0.25) is 5.02 Å². The van der Waals surface area contributed by atoms with Crippen LogP contribution < -0.4 is 25.1 Å². The van der Waals surface area contributed by atoms with Crippen molar-refractivity contribution in [1.29, 1.82) is 0 Å². The lowest BCUT2D eigenvalue weighted by Gasteiger charge is -2.14. The Morgan fingerprint density at radius 2 is 1.50 bits per heavy atom. The lowest BCUT2D eigenvalue weighted by atomic mass is 10.1. The molecule has 0 aliphatic heterocycles. The van der Waals surface area contributed by atoms with Crippen LogP contribution in [-0.4, -0.2) is 33.1 Å². The molecule has 0 aliphatic carbocycles. The summed E-state index contributed by atoms with van der Waals surface area (Å²) in [4.78, 5) is 24.2. The molecule has 0 saturated carbocycles. The van der Waals surface area contributed by atoms with Crippen LogP contribution in [0.4, 0.5) is 4.39 Å². The third kappa shape index (κ3) is 4.15. The summed E-state index contributed by atoms with van der Waals surface area (Å²) < 4.78 is 29.2. The van der Waals surface area contributed by atoms with Gasteiger partial charge in [-0.25, -0.2) is 4.39 Å². The molecule has 0 unspecified atom stereocenters. The van der Waals surface area contributed by atoms with E-state index in [1.54, 1.807) is 0 Å². The number of benzene rings is 2. The maximum absolute atomic E-state index is 13.7. The minimum absolute atomic E-state index is 0.136. The van der Waals surface area contributed by atoms with Crippen LogP contribution in [0.25, 0.3) is 0 Å². The highest BCUT2D eigenvalue weighted by molar-refractivity contribution is 6.30. The zero-order valence-corrected chi connectivity index (χ0v) is 14.9. The van der Waals surface area contributed by atoms with E-state index in [2.05, 4.69) is 10.9 Å². The van der Waals surface area contributed by atoms with E-state index in [1.165, 1.54) is 45.6 Å². The van der Waals surface area contributed by atoms with E-state index >= 15 is 0 Å². The average molecular weight is 383 g/mol. The number of ether oxygens (including phenoxy) is 3. The Labute approximate surface area is 154 Å². The highest BCUT2D eigenvalue weighted by Gasteiger charge is 2.18. The van der Waals surface area contributed by atoms with Crippen LogP contribution in [0.1, 0.15) is 20.7 Å². The number of amides is 2. The first-order chi connectivity index (χ1) is 12.4. The van der Waals surface area contributed by atoms with Gasteiger partial charge >= 0.3 is 0 Å². The molecule has 0 bridgehead atoms. The van der Waals surface area contributed by atoms with Crippen molar-refractivity contribution in [2.75, 3.05) is 21.3 Å². The molecule has 0 saturated heterocycles. The Morgan fingerprint density at radius 3 is 2.00 bits per heavy atom. The number of hydrazine groups is 1. The number of hydrogen-bond acceptors (Lipinski definition) is 5. The number of carbonyl (C=O) groups excluding carboxylic acids is 2. The van der Waals surface area contributed by atoms with Crippen molar-refractivity contribution in [3.05, 3.63) is 52.3 Å². The van der Waals surface area contributed by atoms with Gasteiger partial charge in [0.25, 0.3) is 11.8 Å². The van der Waals surface area contributed by atoms with Gasteiger partial charge in [0.1, 0.15) is 5.82 Å². The largest absolute Gasteiger partial charge is 0.493 e. The Bertz CT molecular complexity index is 819. The summed E-state index contributed by atoms with van der Waals surface area (Å²) in [7, 11) is 4.25. The number of rotatable bonds is 5. The summed E-state index contributed by atoms with van der Waals surface area (Å²) in [6.45, 7) is 0. The standard InChI is InChI=1S/C17H16ClFN2O5/c1-24-13-6-9(7-14(25-2)15(13)26-3)16(22)20-21-17(23)11-5-4-10(18)8-12(11)19/h4-8H,1-3H3,(H,20,22)(H,21,23). The van der Waals surface area contributed by atoms with Crippen LogP contribution in [0.15, 0.2) is 30.3 Å². The van der Waals surface area contributed by atoms with Crippen LogP contribution in [0.3, 0.4) is 0 Å². The van der Waals surface area contributed by atoms with Gasteiger partial charge in [-0.2, -0.15) is 0 Å². The lowest BCUT2D eigenvalue weighted by Crippen LogP contribution is -2.42. The molecule has 0 radical (unpaired) electrons. The summed E-state index contributed by atoms with van der Waals surface area (Å²) in [5.74, 6) is -1.44. The molecular weight excluding hydrogens is 367 g/mol. The van der Waals surface area contributed by atoms with E-state index in [9.17, 15) is 14.0 Å². The van der Waals surface area contributed by atoms with Gasteiger partial charge in [-0.1, -0.05) is 11.6 Å². The molecule has 0 fully saturated rings. The van der Waals surface area contributed by atoms with Gasteiger partial charge in [-0.3, -0.25) is 20.4 Å². The van der Waals surface area contributed by atoms with E-state index < -0.39 is 17.6 Å². The molecule has 2 rings (SSSR count). The second-order valence-corrected chi connectivity index (χ2v) is 5.38. The molecule has 2 N–H and O–H groups in total. The third-order valence-corrected chi connectivity index (χ3v) is 3.63. The fraction of sp³-hybridized carbons (Fsp3) is 0.176. The van der Waals surface area contributed by atoms with Gasteiger partial charge in [0.2, 0.25) is 5.75 Å². The first-order valence-corrected chi connectivity index (χ1v) is 7.64. The van der Waals surface area contributed by atoms with E-state index in [4.69, 9.17) is 25.8 Å². The minimum Gasteiger partial charge on any atom is -0.493 e. The second-order valence-electron chi connectivity index (χ2n) is 4.95. The predicted molar refractivity (Wildman–Crippen MR) is 92.4 cm³/mol. The molecule has 2 amide bonds. The monoisotopic (exact) mass is 382 g/mol. The fourth-order valence-corrected chi connectivity index (χ4v) is 2.30. The molecule has 9 heteroatoms. The Morgan fingerprint density at radius 1 is 0.923 bits per heavy atom. The van der Waals surface area contributed by atoms with Gasteiger partial charge in [-0.05, 0) is 30.3 Å². The van der Waals surface area contributed by atoms with Crippen LogP contribution in [0, 0.1) is 5.82 Å². The van der Waals surface area contributed by atoms with Gasteiger partial charge in [0, 0.05) is 10.6 Å². The number of hydrogen-bond donors (Lipinski definition) is 2. The van der Waals surface area contributed by atoms with Crippen molar-refractivity contribution in [2.45, 2.75) is 0 Å². The average Bonchev–Trinajstić information content (AvgIpc) is 2.64. The van der Waals surface area contributed by atoms with Crippen molar-refractivity contribution >= 4 is 23.4 Å². The predicted octanol–water partition coefficient (Wildman–Crippen LogP) is 2.58. The van der Waals surface area contributed by atoms with Crippen molar-refractivity contribution in [2.24, 2.45) is 0 Å². The van der Waals surface area contributed by atoms with Crippen molar-refractivity contribution in [3.63, 3.8) is 0 Å². The zero-order chi connectivity index (χ0) is 19.3. The van der Waals surface area contributed by atoms with E-state index in [0.29, 0.717) is 5.75 Å². The van der Waals surface area contributed by atoms with Crippen molar-refractivity contribution in [1.82, 2.24) is 10.9 Å². The summed E-state index contributed by atoms with van der Waals surface area (Å²) in [6, 6.07) is 6.38. The summed E-state index contributed by atoms with van der Waals surface area (Å²) in [5, 5.41) is 0.153.